The van der Waals surface area contributed by atoms with Gasteiger partial charge in [-0.2, -0.15) is 4.31 Å². The minimum Gasteiger partial charge on any atom is -0.348 e. The highest BCUT2D eigenvalue weighted by atomic mass is 32.2. The molecule has 1 aliphatic heterocycles. The predicted octanol–water partition coefficient (Wildman–Crippen LogP) is 0.443. The fraction of sp³-hybridized carbons (Fsp3) is 0.650. The monoisotopic (exact) mass is 394 g/mol. The van der Waals surface area contributed by atoms with Crippen molar-refractivity contribution in [2.45, 2.75) is 50.5 Å². The molecule has 1 aliphatic carbocycles. The first kappa shape index (κ1) is 20.3. The van der Waals surface area contributed by atoms with Crippen LogP contribution in [0, 0.1) is 5.92 Å². The van der Waals surface area contributed by atoms with Gasteiger partial charge in [0.15, 0.2) is 6.54 Å². The number of sulfonamides is 1. The largest absolute Gasteiger partial charge is 0.348 e. The average Bonchev–Trinajstić information content (AvgIpc) is 3.48. The lowest BCUT2D eigenvalue weighted by molar-refractivity contribution is -0.895. The van der Waals surface area contributed by atoms with Crippen LogP contribution in [0.3, 0.4) is 0 Å². The molecule has 2 fully saturated rings. The summed E-state index contributed by atoms with van der Waals surface area (Å²) in [6.45, 7) is 6.85. The Morgan fingerprint density at radius 3 is 2.41 bits per heavy atom. The van der Waals surface area contributed by atoms with Gasteiger partial charge in [-0.15, -0.1) is 0 Å². The van der Waals surface area contributed by atoms with Crippen LogP contribution in [0.25, 0.3) is 0 Å². The fourth-order valence-corrected chi connectivity index (χ4v) is 5.17. The number of quaternary nitrogens is 1. The molecule has 1 saturated heterocycles. The summed E-state index contributed by atoms with van der Waals surface area (Å²) in [5.74, 6) is 0.724. The maximum absolute atomic E-state index is 12.9. The first-order valence-corrected chi connectivity index (χ1v) is 11.6. The van der Waals surface area contributed by atoms with Crippen LogP contribution in [0.5, 0.6) is 0 Å². The highest BCUT2D eigenvalue weighted by Crippen LogP contribution is 2.32. The molecule has 2 N–H and O–H groups in total. The van der Waals surface area contributed by atoms with E-state index in [0.717, 1.165) is 23.3 Å². The smallest absolute Gasteiger partial charge is 0.275 e. The standard InChI is InChI=1S/C20H31N3O3S/c1-3-4-17-5-9-19(10-6-17)27(25,26)23-13-11-22(12-14-23)15-20(24)21-16(2)18-7-8-18/h5-6,9-10,16,18H,3-4,7-8,11-15H2,1-2H3,(H,21,24)/p+1/t16-/m0/s1. The van der Waals surface area contributed by atoms with E-state index in [0.29, 0.717) is 43.5 Å². The van der Waals surface area contributed by atoms with Gasteiger partial charge >= 0.3 is 0 Å². The highest BCUT2D eigenvalue weighted by Gasteiger charge is 2.32. The molecule has 1 aromatic rings. The highest BCUT2D eigenvalue weighted by molar-refractivity contribution is 7.89. The Hall–Kier alpha value is -1.44. The lowest BCUT2D eigenvalue weighted by Gasteiger charge is -2.31. The Kier molecular flexibility index (Phi) is 6.55. The van der Waals surface area contributed by atoms with Gasteiger partial charge in [-0.1, -0.05) is 25.5 Å². The third-order valence-electron chi connectivity index (χ3n) is 5.66. The number of nitrogens with zero attached hydrogens (tertiary/aromatic N) is 1. The zero-order chi connectivity index (χ0) is 19.4. The second-order valence-corrected chi connectivity index (χ2v) is 9.86. The van der Waals surface area contributed by atoms with Crippen LogP contribution in [0.1, 0.15) is 38.7 Å². The number of hydrogen-bond acceptors (Lipinski definition) is 3. The molecule has 0 radical (unpaired) electrons. The molecular weight excluding hydrogens is 362 g/mol. The van der Waals surface area contributed by atoms with E-state index >= 15 is 0 Å². The van der Waals surface area contributed by atoms with Crippen molar-refractivity contribution in [1.29, 1.82) is 0 Å². The minimum atomic E-state index is -3.45. The van der Waals surface area contributed by atoms with Crippen LogP contribution in [-0.4, -0.2) is 57.4 Å². The molecule has 1 aromatic carbocycles. The van der Waals surface area contributed by atoms with Crippen molar-refractivity contribution in [1.82, 2.24) is 9.62 Å². The van der Waals surface area contributed by atoms with Crippen molar-refractivity contribution in [3.05, 3.63) is 29.8 Å². The number of piperazine rings is 1. The van der Waals surface area contributed by atoms with Gasteiger partial charge in [0.1, 0.15) is 0 Å². The number of amides is 1. The molecule has 0 unspecified atom stereocenters. The third kappa shape index (κ3) is 5.30. The summed E-state index contributed by atoms with van der Waals surface area (Å²) in [5.41, 5.74) is 1.16. The van der Waals surface area contributed by atoms with Crippen molar-refractivity contribution >= 4 is 15.9 Å². The van der Waals surface area contributed by atoms with Crippen molar-refractivity contribution in [2.24, 2.45) is 5.92 Å². The van der Waals surface area contributed by atoms with Gasteiger partial charge < -0.3 is 10.2 Å². The summed E-state index contributed by atoms with van der Waals surface area (Å²) >= 11 is 0. The second-order valence-electron chi connectivity index (χ2n) is 7.92. The summed E-state index contributed by atoms with van der Waals surface area (Å²) < 4.78 is 27.3. The van der Waals surface area contributed by atoms with Crippen molar-refractivity contribution in [3.63, 3.8) is 0 Å². The van der Waals surface area contributed by atoms with E-state index in [2.05, 4.69) is 19.2 Å². The minimum absolute atomic E-state index is 0.0761. The van der Waals surface area contributed by atoms with Gasteiger partial charge in [-0.3, -0.25) is 4.79 Å². The fourth-order valence-electron chi connectivity index (χ4n) is 3.73. The Bertz CT molecular complexity index is 736. The van der Waals surface area contributed by atoms with Gasteiger partial charge in [0.05, 0.1) is 31.1 Å². The normalized spacial score (nSPS) is 20.4. The van der Waals surface area contributed by atoms with E-state index in [4.69, 9.17) is 0 Å². The van der Waals surface area contributed by atoms with Gasteiger partial charge in [0.25, 0.3) is 5.91 Å². The van der Waals surface area contributed by atoms with Crippen LogP contribution >= 0.6 is 0 Å². The number of hydrogen-bond donors (Lipinski definition) is 2. The Morgan fingerprint density at radius 2 is 1.85 bits per heavy atom. The zero-order valence-corrected chi connectivity index (χ0v) is 17.2. The van der Waals surface area contributed by atoms with Crippen LogP contribution in [0.15, 0.2) is 29.2 Å². The summed E-state index contributed by atoms with van der Waals surface area (Å²) in [4.78, 5) is 13.7. The molecule has 150 valence electrons. The van der Waals surface area contributed by atoms with E-state index in [9.17, 15) is 13.2 Å². The first-order chi connectivity index (χ1) is 12.9. The quantitative estimate of drug-likeness (QED) is 0.672. The van der Waals surface area contributed by atoms with Crippen LogP contribution < -0.4 is 10.2 Å². The topological polar surface area (TPSA) is 70.9 Å². The van der Waals surface area contributed by atoms with E-state index in [1.165, 1.54) is 12.8 Å². The van der Waals surface area contributed by atoms with Gasteiger partial charge in [-0.25, -0.2) is 8.42 Å². The molecule has 7 heteroatoms. The van der Waals surface area contributed by atoms with E-state index in [1.54, 1.807) is 16.4 Å². The maximum Gasteiger partial charge on any atom is 0.275 e. The van der Waals surface area contributed by atoms with E-state index < -0.39 is 10.0 Å². The number of rotatable bonds is 8. The van der Waals surface area contributed by atoms with Gasteiger partial charge in [0.2, 0.25) is 10.0 Å². The number of aryl methyl sites for hydroxylation is 1. The molecule has 1 amide bonds. The number of benzene rings is 1. The van der Waals surface area contributed by atoms with E-state index in [1.807, 2.05) is 12.1 Å². The number of nitrogens with one attached hydrogen (secondary N) is 2. The molecule has 0 bridgehead atoms. The van der Waals surface area contributed by atoms with Crippen molar-refractivity contribution in [2.75, 3.05) is 32.7 Å². The zero-order valence-electron chi connectivity index (χ0n) is 16.4. The summed E-state index contributed by atoms with van der Waals surface area (Å²) in [5, 5.41) is 3.08. The first-order valence-electron chi connectivity index (χ1n) is 10.1. The molecule has 2 aliphatic rings. The molecule has 1 saturated carbocycles. The summed E-state index contributed by atoms with van der Waals surface area (Å²) in [6, 6.07) is 7.50. The Balaban J connectivity index is 1.50. The molecule has 27 heavy (non-hydrogen) atoms. The third-order valence-corrected chi connectivity index (χ3v) is 7.57. The molecule has 0 aromatic heterocycles. The molecular formula is C20H32N3O3S+. The van der Waals surface area contributed by atoms with E-state index in [-0.39, 0.29) is 11.9 Å². The Morgan fingerprint density at radius 1 is 1.22 bits per heavy atom. The van der Waals surface area contributed by atoms with Gasteiger partial charge in [-0.05, 0) is 49.8 Å². The van der Waals surface area contributed by atoms with Crippen LogP contribution in [-0.2, 0) is 21.2 Å². The summed E-state index contributed by atoms with van der Waals surface area (Å²) in [6.07, 6.45) is 4.43. The lowest BCUT2D eigenvalue weighted by atomic mass is 10.1. The van der Waals surface area contributed by atoms with Gasteiger partial charge in [0, 0.05) is 6.04 Å². The average molecular weight is 395 g/mol. The molecule has 1 atom stereocenters. The second kappa shape index (κ2) is 8.71. The molecule has 6 nitrogen and oxygen atoms in total. The lowest BCUT2D eigenvalue weighted by Crippen LogP contribution is -3.15. The molecule has 1 heterocycles. The molecule has 0 spiro atoms. The predicted molar refractivity (Wildman–Crippen MR) is 105 cm³/mol. The van der Waals surface area contributed by atoms with Crippen LogP contribution in [0.2, 0.25) is 0 Å². The number of carbonyl (C=O) groups is 1. The number of carbonyl (C=O) groups excluding carboxylic acids is 1. The maximum atomic E-state index is 12.9. The Labute approximate surface area is 163 Å². The SMILES string of the molecule is CCCc1ccc(S(=O)(=O)N2CC[NH+](CC(=O)N[C@@H](C)C3CC3)CC2)cc1. The summed E-state index contributed by atoms with van der Waals surface area (Å²) in [7, 11) is -3.45. The molecule has 3 rings (SSSR count). The van der Waals surface area contributed by atoms with Crippen molar-refractivity contribution < 1.29 is 18.1 Å². The van der Waals surface area contributed by atoms with Crippen LogP contribution in [0.4, 0.5) is 0 Å². The van der Waals surface area contributed by atoms with Crippen molar-refractivity contribution in [3.8, 4) is 0 Å².